The van der Waals surface area contributed by atoms with Gasteiger partial charge in [0.15, 0.2) is 0 Å². The minimum atomic E-state index is -3.64. The molecule has 0 aliphatic carbocycles. The van der Waals surface area contributed by atoms with Gasteiger partial charge in [0.05, 0.1) is 4.90 Å². The summed E-state index contributed by atoms with van der Waals surface area (Å²) in [6.07, 6.45) is 0. The first kappa shape index (κ1) is 13.4. The summed E-state index contributed by atoms with van der Waals surface area (Å²) in [5, 5.41) is 0. The maximum Gasteiger partial charge on any atom is 0.240 e. The summed E-state index contributed by atoms with van der Waals surface area (Å²) in [5.41, 5.74) is 0. The molecule has 90 valence electrons. The Morgan fingerprint density at radius 1 is 1.50 bits per heavy atom. The fraction of sp³-hybridized carbons (Fsp3) is 0.400. The molecule has 0 radical (unpaired) electrons. The first-order valence-corrected chi connectivity index (χ1v) is 6.78. The van der Waals surface area contributed by atoms with Gasteiger partial charge in [-0.2, -0.15) is 0 Å². The fourth-order valence-corrected chi connectivity index (χ4v) is 2.33. The van der Waals surface area contributed by atoms with Crippen LogP contribution in [0.25, 0.3) is 0 Å². The third-order valence-electron chi connectivity index (χ3n) is 1.99. The molecule has 1 atom stereocenters. The summed E-state index contributed by atoms with van der Waals surface area (Å²) in [6.45, 7) is 2.06. The lowest BCUT2D eigenvalue weighted by molar-refractivity contribution is 0.559. The third kappa shape index (κ3) is 3.73. The van der Waals surface area contributed by atoms with Gasteiger partial charge >= 0.3 is 0 Å². The van der Waals surface area contributed by atoms with Crippen molar-refractivity contribution in [3.8, 4) is 0 Å². The van der Waals surface area contributed by atoms with E-state index in [1.807, 2.05) is 6.92 Å². The lowest BCUT2D eigenvalue weighted by Crippen LogP contribution is -2.29. The molecule has 3 nitrogen and oxygen atoms in total. The van der Waals surface area contributed by atoms with Crippen LogP contribution >= 0.6 is 11.6 Å². The molecular weight excluding hydrogens is 253 g/mol. The van der Waals surface area contributed by atoms with E-state index >= 15 is 0 Å². The Kier molecular flexibility index (Phi) is 4.70. The molecule has 0 bridgehead atoms. The van der Waals surface area contributed by atoms with Gasteiger partial charge < -0.3 is 0 Å². The van der Waals surface area contributed by atoms with Crippen LogP contribution in [0.2, 0.25) is 0 Å². The van der Waals surface area contributed by atoms with Crippen molar-refractivity contribution in [3.63, 3.8) is 0 Å². The van der Waals surface area contributed by atoms with E-state index in [1.165, 1.54) is 18.2 Å². The monoisotopic (exact) mass is 265 g/mol. The molecule has 1 rings (SSSR count). The number of hydrogen-bond acceptors (Lipinski definition) is 2. The summed E-state index contributed by atoms with van der Waals surface area (Å²) in [5.74, 6) is -0.177. The third-order valence-corrected chi connectivity index (χ3v) is 3.94. The number of sulfonamides is 1. The number of hydrogen-bond donors (Lipinski definition) is 1. The Bertz CT molecular complexity index is 450. The second-order valence-electron chi connectivity index (χ2n) is 3.57. The standard InChI is InChI=1S/C10H13ClFNO2S/c1-8(6-11)7-13-16(14,15)10-4-2-3-9(12)5-10/h2-5,8,13H,6-7H2,1H3. The molecule has 0 saturated carbocycles. The predicted octanol–water partition coefficient (Wildman–Crippen LogP) is 1.98. The normalized spacial score (nSPS) is 13.7. The van der Waals surface area contributed by atoms with Crippen molar-refractivity contribution in [2.45, 2.75) is 11.8 Å². The fourth-order valence-electron chi connectivity index (χ4n) is 1.02. The van der Waals surface area contributed by atoms with E-state index < -0.39 is 15.8 Å². The van der Waals surface area contributed by atoms with Gasteiger partial charge in [0.1, 0.15) is 5.82 Å². The van der Waals surface area contributed by atoms with Crippen LogP contribution in [0.3, 0.4) is 0 Å². The highest BCUT2D eigenvalue weighted by Crippen LogP contribution is 2.10. The highest BCUT2D eigenvalue weighted by molar-refractivity contribution is 7.89. The van der Waals surface area contributed by atoms with Crippen LogP contribution in [0.1, 0.15) is 6.92 Å². The molecule has 1 aromatic rings. The van der Waals surface area contributed by atoms with E-state index in [0.29, 0.717) is 5.88 Å². The van der Waals surface area contributed by atoms with E-state index in [-0.39, 0.29) is 17.4 Å². The van der Waals surface area contributed by atoms with Gasteiger partial charge in [-0.1, -0.05) is 13.0 Å². The highest BCUT2D eigenvalue weighted by Gasteiger charge is 2.15. The van der Waals surface area contributed by atoms with Crippen LogP contribution in [0, 0.1) is 11.7 Å². The van der Waals surface area contributed by atoms with Crippen molar-refractivity contribution in [1.82, 2.24) is 4.72 Å². The molecule has 1 aromatic carbocycles. The zero-order chi connectivity index (χ0) is 12.2. The summed E-state index contributed by atoms with van der Waals surface area (Å²) < 4.78 is 38.6. The van der Waals surface area contributed by atoms with Crippen molar-refractivity contribution in [2.75, 3.05) is 12.4 Å². The number of halogens is 2. The Morgan fingerprint density at radius 2 is 2.19 bits per heavy atom. The lowest BCUT2D eigenvalue weighted by Gasteiger charge is -2.10. The summed E-state index contributed by atoms with van der Waals surface area (Å²) in [4.78, 5) is -0.0747. The average Bonchev–Trinajstić information content (AvgIpc) is 2.26. The minimum absolute atomic E-state index is 0.0324. The van der Waals surface area contributed by atoms with E-state index in [9.17, 15) is 12.8 Å². The zero-order valence-corrected chi connectivity index (χ0v) is 10.4. The van der Waals surface area contributed by atoms with Crippen LogP contribution in [-0.2, 0) is 10.0 Å². The molecule has 0 heterocycles. The minimum Gasteiger partial charge on any atom is -0.211 e. The molecule has 0 aromatic heterocycles. The summed E-state index contributed by atoms with van der Waals surface area (Å²) in [6, 6.07) is 4.87. The Labute approximate surface area is 99.7 Å². The molecule has 0 saturated heterocycles. The molecule has 0 aliphatic heterocycles. The van der Waals surface area contributed by atoms with Crippen molar-refractivity contribution in [1.29, 1.82) is 0 Å². The van der Waals surface area contributed by atoms with Gasteiger partial charge in [-0.05, 0) is 24.1 Å². The highest BCUT2D eigenvalue weighted by atomic mass is 35.5. The van der Waals surface area contributed by atoms with Crippen LogP contribution in [0.4, 0.5) is 4.39 Å². The first-order valence-electron chi connectivity index (χ1n) is 4.77. The van der Waals surface area contributed by atoms with Crippen molar-refractivity contribution >= 4 is 21.6 Å². The second-order valence-corrected chi connectivity index (χ2v) is 5.64. The molecule has 1 N–H and O–H groups in total. The SMILES string of the molecule is CC(CCl)CNS(=O)(=O)c1cccc(F)c1. The molecule has 1 unspecified atom stereocenters. The van der Waals surface area contributed by atoms with E-state index in [2.05, 4.69) is 4.72 Å². The largest absolute Gasteiger partial charge is 0.240 e. The quantitative estimate of drug-likeness (QED) is 0.828. The first-order chi connectivity index (χ1) is 7.45. The van der Waals surface area contributed by atoms with Gasteiger partial charge in [-0.25, -0.2) is 17.5 Å². The number of alkyl halides is 1. The number of rotatable bonds is 5. The lowest BCUT2D eigenvalue weighted by atomic mass is 10.2. The van der Waals surface area contributed by atoms with Crippen molar-refractivity contribution < 1.29 is 12.8 Å². The summed E-state index contributed by atoms with van der Waals surface area (Å²) >= 11 is 5.56. The molecule has 0 spiro atoms. The van der Waals surface area contributed by atoms with Gasteiger partial charge in [-0.15, -0.1) is 11.6 Å². The topological polar surface area (TPSA) is 46.2 Å². The van der Waals surface area contributed by atoms with Crippen molar-refractivity contribution in [2.24, 2.45) is 5.92 Å². The molecule has 6 heteroatoms. The molecule has 0 amide bonds. The zero-order valence-electron chi connectivity index (χ0n) is 8.78. The van der Waals surface area contributed by atoms with E-state index in [1.54, 1.807) is 0 Å². The maximum atomic E-state index is 12.8. The van der Waals surface area contributed by atoms with Crippen LogP contribution in [0.15, 0.2) is 29.2 Å². The molecule has 16 heavy (non-hydrogen) atoms. The maximum absolute atomic E-state index is 12.8. The Morgan fingerprint density at radius 3 is 2.75 bits per heavy atom. The van der Waals surface area contributed by atoms with Crippen molar-refractivity contribution in [3.05, 3.63) is 30.1 Å². The van der Waals surface area contributed by atoms with E-state index in [0.717, 1.165) is 6.07 Å². The van der Waals surface area contributed by atoms with Gasteiger partial charge in [0.2, 0.25) is 10.0 Å². The average molecular weight is 266 g/mol. The van der Waals surface area contributed by atoms with Gasteiger partial charge in [0.25, 0.3) is 0 Å². The predicted molar refractivity (Wildman–Crippen MR) is 61.5 cm³/mol. The van der Waals surface area contributed by atoms with Gasteiger partial charge in [-0.3, -0.25) is 0 Å². The smallest absolute Gasteiger partial charge is 0.211 e. The van der Waals surface area contributed by atoms with Gasteiger partial charge in [0, 0.05) is 12.4 Å². The number of benzene rings is 1. The van der Waals surface area contributed by atoms with E-state index in [4.69, 9.17) is 11.6 Å². The summed E-state index contributed by atoms with van der Waals surface area (Å²) in [7, 11) is -3.64. The molecular formula is C10H13ClFNO2S. The molecule has 0 fully saturated rings. The van der Waals surface area contributed by atoms with Crippen LogP contribution in [0.5, 0.6) is 0 Å². The molecule has 0 aliphatic rings. The second kappa shape index (κ2) is 5.61. The van der Waals surface area contributed by atoms with Crippen LogP contribution in [-0.4, -0.2) is 20.8 Å². The van der Waals surface area contributed by atoms with Crippen LogP contribution < -0.4 is 4.72 Å². The Hall–Kier alpha value is -0.650. The number of nitrogens with one attached hydrogen (secondary N) is 1. The Balaban J connectivity index is 2.78.